The van der Waals surface area contributed by atoms with Crippen molar-refractivity contribution in [3.8, 4) is 39.1 Å². The number of hydrogen-bond donors (Lipinski definition) is 0. The molecule has 2 heterocycles. The van der Waals surface area contributed by atoms with E-state index in [0.717, 1.165) is 72.4 Å². The number of rotatable bonds is 6. The predicted octanol–water partition coefficient (Wildman–Crippen LogP) is 16.9. The third kappa shape index (κ3) is 5.41. The third-order valence-corrected chi connectivity index (χ3v) is 13.7. The molecule has 1 aliphatic carbocycles. The van der Waals surface area contributed by atoms with Gasteiger partial charge in [0, 0.05) is 66.9 Å². The van der Waals surface area contributed by atoms with Crippen molar-refractivity contribution in [2.75, 3.05) is 4.90 Å². The maximum Gasteiger partial charge on any atom is 0.138 e. The Balaban J connectivity index is 1.04. The third-order valence-electron chi connectivity index (χ3n) is 13.7. The van der Waals surface area contributed by atoms with Gasteiger partial charge in [-0.25, -0.2) is 0 Å². The predicted molar refractivity (Wildman–Crippen MR) is 269 cm³/mol. The highest BCUT2D eigenvalue weighted by Gasteiger charge is 2.36. The molecule has 0 amide bonds. The van der Waals surface area contributed by atoms with Crippen molar-refractivity contribution < 1.29 is 4.42 Å². The average molecular weight is 819 g/mol. The standard InChI is InChI=1S/C61H42N2O/c1-61(2)52-26-13-11-22-48(52)49-35-34-46(37-53(49)61)62(43-20-7-4-8-21-43)44-31-29-40(30-32-44)47-24-15-25-51-58-54(63(60(47)51)45-33-28-39-16-9-10-19-42(39)36-45)38-56-59(50-23-12-14-27-55(50)64-56)57(58)41-17-5-3-6-18-41/h3-38H,1-2H3. The molecule has 0 atom stereocenters. The Kier molecular flexibility index (Phi) is 7.95. The fourth-order valence-electron chi connectivity index (χ4n) is 10.8. The molecular formula is C61H42N2O. The summed E-state index contributed by atoms with van der Waals surface area (Å²) in [4.78, 5) is 2.39. The lowest BCUT2D eigenvalue weighted by atomic mass is 9.82. The molecule has 0 saturated heterocycles. The van der Waals surface area contributed by atoms with Gasteiger partial charge in [0.05, 0.1) is 11.0 Å². The first-order valence-corrected chi connectivity index (χ1v) is 22.2. The summed E-state index contributed by atoms with van der Waals surface area (Å²) in [6.45, 7) is 4.70. The first-order chi connectivity index (χ1) is 31.5. The molecule has 0 unspecified atom stereocenters. The fraction of sp³-hybridized carbons (Fsp3) is 0.0492. The van der Waals surface area contributed by atoms with E-state index in [4.69, 9.17) is 4.42 Å². The van der Waals surface area contributed by atoms with Crippen LogP contribution in [-0.4, -0.2) is 4.57 Å². The quantitative estimate of drug-likeness (QED) is 0.167. The molecule has 3 heteroatoms. The second kappa shape index (κ2) is 13.9. The first-order valence-electron chi connectivity index (χ1n) is 22.2. The maximum absolute atomic E-state index is 6.74. The van der Waals surface area contributed by atoms with Crippen LogP contribution in [0.15, 0.2) is 223 Å². The van der Waals surface area contributed by atoms with E-state index in [1.165, 1.54) is 49.4 Å². The van der Waals surface area contributed by atoms with E-state index in [9.17, 15) is 0 Å². The molecule has 0 fully saturated rings. The van der Waals surface area contributed by atoms with Gasteiger partial charge in [0.25, 0.3) is 0 Å². The van der Waals surface area contributed by atoms with Gasteiger partial charge in [0.15, 0.2) is 0 Å². The molecular weight excluding hydrogens is 777 g/mol. The number of hydrogen-bond acceptors (Lipinski definition) is 2. The normalized spacial score (nSPS) is 13.0. The van der Waals surface area contributed by atoms with Crippen LogP contribution in [0.25, 0.3) is 93.6 Å². The maximum atomic E-state index is 6.74. The summed E-state index contributed by atoms with van der Waals surface area (Å²) in [5.41, 5.74) is 18.4. The van der Waals surface area contributed by atoms with Crippen LogP contribution >= 0.6 is 0 Å². The molecule has 10 aromatic carbocycles. The smallest absolute Gasteiger partial charge is 0.138 e. The lowest BCUT2D eigenvalue weighted by Gasteiger charge is -2.28. The highest BCUT2D eigenvalue weighted by molar-refractivity contribution is 6.28. The van der Waals surface area contributed by atoms with E-state index in [0.29, 0.717) is 0 Å². The Labute approximate surface area is 371 Å². The topological polar surface area (TPSA) is 21.3 Å². The monoisotopic (exact) mass is 818 g/mol. The van der Waals surface area contributed by atoms with Gasteiger partial charge < -0.3 is 13.9 Å². The average Bonchev–Trinajstić information content (AvgIpc) is 3.96. The molecule has 2 aromatic heterocycles. The van der Waals surface area contributed by atoms with Crippen LogP contribution in [0.1, 0.15) is 25.0 Å². The second-order valence-electron chi connectivity index (χ2n) is 17.7. The number of furan rings is 1. The molecule has 1 aliphatic rings. The number of aromatic nitrogens is 1. The van der Waals surface area contributed by atoms with Crippen LogP contribution in [0, 0.1) is 0 Å². The van der Waals surface area contributed by atoms with E-state index in [2.05, 4.69) is 242 Å². The van der Waals surface area contributed by atoms with Crippen LogP contribution in [0.4, 0.5) is 17.1 Å². The van der Waals surface area contributed by atoms with Gasteiger partial charge in [0.2, 0.25) is 0 Å². The Morgan fingerprint density at radius 3 is 1.92 bits per heavy atom. The zero-order valence-electron chi connectivity index (χ0n) is 35.6. The summed E-state index contributed by atoms with van der Waals surface area (Å²) < 4.78 is 9.21. The van der Waals surface area contributed by atoms with Crippen LogP contribution in [0.2, 0.25) is 0 Å². The van der Waals surface area contributed by atoms with Gasteiger partial charge in [-0.2, -0.15) is 0 Å². The minimum absolute atomic E-state index is 0.105. The van der Waals surface area contributed by atoms with Gasteiger partial charge in [-0.3, -0.25) is 0 Å². The van der Waals surface area contributed by atoms with E-state index in [-0.39, 0.29) is 5.41 Å². The highest BCUT2D eigenvalue weighted by Crippen LogP contribution is 2.52. The molecule has 302 valence electrons. The minimum atomic E-state index is -0.105. The minimum Gasteiger partial charge on any atom is -0.456 e. The van der Waals surface area contributed by atoms with Crippen molar-refractivity contribution >= 4 is 71.6 Å². The van der Waals surface area contributed by atoms with Gasteiger partial charge in [0.1, 0.15) is 11.2 Å². The highest BCUT2D eigenvalue weighted by atomic mass is 16.3. The second-order valence-corrected chi connectivity index (χ2v) is 17.7. The SMILES string of the molecule is CC1(C)c2ccccc2-c2ccc(N(c3ccccc3)c3ccc(-c4cccc5c6c(-c7ccccc7)c7c(cc6n(-c6ccc8ccccc8c6)c45)oc4ccccc47)cc3)cc21. The van der Waals surface area contributed by atoms with Crippen molar-refractivity contribution in [2.24, 2.45) is 0 Å². The van der Waals surface area contributed by atoms with E-state index in [1.807, 2.05) is 0 Å². The Bertz CT molecular complexity index is 3800. The van der Waals surface area contributed by atoms with Crippen molar-refractivity contribution in [1.29, 1.82) is 0 Å². The van der Waals surface area contributed by atoms with Crippen molar-refractivity contribution in [3.05, 3.63) is 230 Å². The summed E-state index contributed by atoms with van der Waals surface area (Å²) >= 11 is 0. The zero-order valence-corrected chi connectivity index (χ0v) is 35.6. The Morgan fingerprint density at radius 2 is 1.08 bits per heavy atom. The summed E-state index contributed by atoms with van der Waals surface area (Å²) in [7, 11) is 0. The van der Waals surface area contributed by atoms with Crippen LogP contribution in [0.5, 0.6) is 0 Å². The number of benzene rings is 10. The first kappa shape index (κ1) is 36.5. The Morgan fingerprint density at radius 1 is 0.422 bits per heavy atom. The number of nitrogens with zero attached hydrogens (tertiary/aromatic N) is 2. The van der Waals surface area contributed by atoms with E-state index in [1.54, 1.807) is 0 Å². The molecule has 0 spiro atoms. The number of para-hydroxylation sites is 3. The number of fused-ring (bicyclic) bond motifs is 10. The summed E-state index contributed by atoms with van der Waals surface area (Å²) in [5.74, 6) is 0. The van der Waals surface area contributed by atoms with Crippen molar-refractivity contribution in [1.82, 2.24) is 4.57 Å². The van der Waals surface area contributed by atoms with Gasteiger partial charge in [-0.1, -0.05) is 172 Å². The van der Waals surface area contributed by atoms with Crippen LogP contribution < -0.4 is 4.90 Å². The van der Waals surface area contributed by atoms with Gasteiger partial charge in [-0.05, 0) is 98.8 Å². The fourth-order valence-corrected chi connectivity index (χ4v) is 10.8. The molecule has 64 heavy (non-hydrogen) atoms. The number of anilines is 3. The summed E-state index contributed by atoms with van der Waals surface area (Å²) in [6.07, 6.45) is 0. The molecule has 0 aliphatic heterocycles. The van der Waals surface area contributed by atoms with Gasteiger partial charge >= 0.3 is 0 Å². The molecule has 0 saturated carbocycles. The van der Waals surface area contributed by atoms with E-state index < -0.39 is 0 Å². The lowest BCUT2D eigenvalue weighted by Crippen LogP contribution is -2.16. The van der Waals surface area contributed by atoms with E-state index >= 15 is 0 Å². The van der Waals surface area contributed by atoms with Crippen molar-refractivity contribution in [2.45, 2.75) is 19.3 Å². The summed E-state index contributed by atoms with van der Waals surface area (Å²) in [6, 6.07) is 79.6. The zero-order chi connectivity index (χ0) is 42.5. The lowest BCUT2D eigenvalue weighted by molar-refractivity contribution is 0.660. The van der Waals surface area contributed by atoms with Gasteiger partial charge in [-0.15, -0.1) is 0 Å². The van der Waals surface area contributed by atoms with Crippen LogP contribution in [0.3, 0.4) is 0 Å². The largest absolute Gasteiger partial charge is 0.456 e. The molecule has 13 rings (SSSR count). The Hall–Kier alpha value is -8.14. The summed E-state index contributed by atoms with van der Waals surface area (Å²) in [5, 5.41) is 7.08. The van der Waals surface area contributed by atoms with Crippen molar-refractivity contribution in [3.63, 3.8) is 0 Å². The van der Waals surface area contributed by atoms with Crippen LogP contribution in [-0.2, 0) is 5.41 Å². The molecule has 0 bridgehead atoms. The molecule has 12 aromatic rings. The molecule has 0 N–H and O–H groups in total. The molecule has 3 nitrogen and oxygen atoms in total. The molecule has 0 radical (unpaired) electrons.